The van der Waals surface area contributed by atoms with Crippen LogP contribution < -0.4 is 4.72 Å². The van der Waals surface area contributed by atoms with Gasteiger partial charge in [0.15, 0.2) is 0 Å². The second-order valence-corrected chi connectivity index (χ2v) is 25.5. The molecule has 5 aromatic rings. The highest BCUT2D eigenvalue weighted by molar-refractivity contribution is 7.90. The molecule has 0 aliphatic carbocycles. The van der Waals surface area contributed by atoms with E-state index in [1.54, 1.807) is 6.92 Å². The van der Waals surface area contributed by atoms with E-state index in [2.05, 4.69) is 260 Å². The Morgan fingerprint density at radius 1 is 0.380 bits per heavy atom. The highest BCUT2D eigenvalue weighted by atomic mass is 32.2. The van der Waals surface area contributed by atoms with E-state index in [4.69, 9.17) is 0 Å². The molecule has 0 unspecified atom stereocenters. The van der Waals surface area contributed by atoms with Crippen LogP contribution in [0.4, 0.5) is 8.78 Å². The first-order chi connectivity index (χ1) is 31.8. The molecule has 5 rings (SSSR count). The Balaban J connectivity index is -0.000000170. The van der Waals surface area contributed by atoms with E-state index < -0.39 is 19.9 Å². The first kappa shape index (κ1) is 77.9. The lowest BCUT2D eigenvalue weighted by atomic mass is 9.87. The monoisotopic (exact) mass is 1030 g/mol. The van der Waals surface area contributed by atoms with Crippen LogP contribution in [0.1, 0.15) is 160 Å². The molecule has 0 saturated heterocycles. The van der Waals surface area contributed by atoms with Crippen LogP contribution in [0.2, 0.25) is 0 Å². The number of sulfone groups is 1. The molecule has 0 aromatic heterocycles. The molecule has 0 fully saturated rings. The van der Waals surface area contributed by atoms with Crippen LogP contribution in [0.25, 0.3) is 0 Å². The van der Waals surface area contributed by atoms with Gasteiger partial charge in [0.05, 0.1) is 20.6 Å². The molecule has 0 bridgehead atoms. The van der Waals surface area contributed by atoms with Crippen LogP contribution in [-0.2, 0) is 51.7 Å². The number of Topliss-reactive ketones (excluding diaryl/α,β-unsaturated/α-hetero) is 1. The predicted octanol–water partition coefficient (Wildman–Crippen LogP) is 16.5. The lowest BCUT2D eigenvalue weighted by Crippen LogP contribution is -2.20. The van der Waals surface area contributed by atoms with E-state index in [-0.39, 0.29) is 13.2 Å². The maximum atomic E-state index is 10.1. The van der Waals surface area contributed by atoms with Gasteiger partial charge in [-0.3, -0.25) is 8.78 Å². The summed E-state index contributed by atoms with van der Waals surface area (Å²) in [6.45, 7) is 38.6. The number of carbonyl (C=O) groups is 1. The Morgan fingerprint density at radius 2 is 0.493 bits per heavy atom. The number of nitrogens with one attached hydrogen (secondary N) is 1. The fraction of sp³-hybridized carbons (Fsp3) is 0.492. The minimum Gasteiger partial charge on any atom is -0.300 e. The van der Waals surface area contributed by atoms with E-state index >= 15 is 0 Å². The Bertz CT molecular complexity index is 1890. The van der Waals surface area contributed by atoms with Crippen molar-refractivity contribution in [3.8, 4) is 0 Å². The number of ketones is 1. The zero-order chi connectivity index (χ0) is 56.1. The third-order valence-corrected chi connectivity index (χ3v) is 9.42. The summed E-state index contributed by atoms with van der Waals surface area (Å²) in [5.74, 6) is 0.167. The van der Waals surface area contributed by atoms with Gasteiger partial charge in [0.2, 0.25) is 10.0 Å². The number of alkyl halides is 2. The van der Waals surface area contributed by atoms with Crippen molar-refractivity contribution in [3.05, 3.63) is 179 Å². The molecule has 0 spiro atoms. The molecule has 0 aliphatic heterocycles. The molecule has 5 aromatic carbocycles. The van der Waals surface area contributed by atoms with Gasteiger partial charge in [-0.15, -0.1) is 0 Å². The number of carbonyl (C=O) groups excluding carboxylic acids is 1. The van der Waals surface area contributed by atoms with Gasteiger partial charge in [-0.25, -0.2) is 21.6 Å². The summed E-state index contributed by atoms with van der Waals surface area (Å²) in [6.07, 6.45) is 3.45. The Morgan fingerprint density at radius 3 is 0.535 bits per heavy atom. The van der Waals surface area contributed by atoms with Crippen LogP contribution in [0.15, 0.2) is 152 Å². The summed E-state index contributed by atoms with van der Waals surface area (Å²) in [7, 11) is -4.59. The molecule has 1 N–H and O–H groups in total. The van der Waals surface area contributed by atoms with E-state index in [1.165, 1.54) is 41.7 Å². The Kier molecular flexibility index (Phi) is 43.9. The van der Waals surface area contributed by atoms with E-state index in [9.17, 15) is 30.4 Å². The molecule has 6 nitrogen and oxygen atoms in total. The van der Waals surface area contributed by atoms with Gasteiger partial charge in [-0.2, -0.15) is 0 Å². The second kappa shape index (κ2) is 40.0. The molecule has 0 radical (unpaired) electrons. The highest BCUT2D eigenvalue weighted by Crippen LogP contribution is 2.23. The second-order valence-electron chi connectivity index (χ2n) is 21.4. The zero-order valence-corrected chi connectivity index (χ0v) is 49.4. The van der Waals surface area contributed by atoms with Gasteiger partial charge in [0, 0.05) is 19.1 Å². The molecule has 0 amide bonds. The quantitative estimate of drug-likeness (QED) is 0.190. The summed E-state index contributed by atoms with van der Waals surface area (Å²) < 4.78 is 60.8. The SMILES string of the molecule is C.CC(C)(C)c1ccccc1.CC(C)(C)c1ccccc1.CC(C)(C)c1ccccc1.CC(C)(C)c1ccccc1.CC(C)(C)c1ccccc1.CC(C)=O.CCNS(C)(=O)=O.CF.CF.CS(C)(=O)=O. The van der Waals surface area contributed by atoms with Crippen LogP contribution in [0.3, 0.4) is 0 Å². The van der Waals surface area contributed by atoms with Crippen molar-refractivity contribution in [1.82, 2.24) is 4.72 Å². The fourth-order valence-electron chi connectivity index (χ4n) is 4.95. The molecular formula is C61H101F2NO5S2. The summed E-state index contributed by atoms with van der Waals surface area (Å²) in [5, 5.41) is 0. The van der Waals surface area contributed by atoms with E-state index in [0.717, 1.165) is 18.8 Å². The van der Waals surface area contributed by atoms with Crippen molar-refractivity contribution in [3.63, 3.8) is 0 Å². The van der Waals surface area contributed by atoms with Crippen molar-refractivity contribution >= 4 is 25.6 Å². The molecule has 10 heteroatoms. The third kappa shape index (κ3) is 54.7. The van der Waals surface area contributed by atoms with E-state index in [0.29, 0.717) is 48.0 Å². The highest BCUT2D eigenvalue weighted by Gasteiger charge is 2.14. The van der Waals surface area contributed by atoms with Gasteiger partial charge in [-0.1, -0.05) is 270 Å². The maximum Gasteiger partial charge on any atom is 0.208 e. The predicted molar refractivity (Wildman–Crippen MR) is 312 cm³/mol. The number of benzene rings is 5. The molecule has 0 atom stereocenters. The number of rotatable bonds is 2. The molecule has 406 valence electrons. The minimum absolute atomic E-state index is 0. The normalized spacial score (nSPS) is 10.6. The standard InChI is InChI=1S/5C10H14.C3H9NO2S.C3H6O.C2H6O2S.2CH3F.CH4/c5*1-10(2,3)9-7-5-4-6-8-9;1-3-4-7(2,5)6;1-3(2)4;1-5(2,3)4;2*1-2;/h5*4-8H,1-3H3;4H,3H2,1-2H3;1-2H3;1-2H3;2*1H3;1H4. The molecular weight excluding hydrogens is 929 g/mol. The number of hydrogen-bond acceptors (Lipinski definition) is 5. The number of halogens is 2. The van der Waals surface area contributed by atoms with Gasteiger partial charge >= 0.3 is 0 Å². The first-order valence-electron chi connectivity index (χ1n) is 23.4. The summed E-state index contributed by atoms with van der Waals surface area (Å²) >= 11 is 0. The van der Waals surface area contributed by atoms with Gasteiger partial charge in [0.25, 0.3) is 0 Å². The number of hydrogen-bond donors (Lipinski definition) is 1. The maximum absolute atomic E-state index is 10.1. The van der Waals surface area contributed by atoms with Crippen LogP contribution >= 0.6 is 0 Å². The van der Waals surface area contributed by atoms with Gasteiger partial charge < -0.3 is 4.79 Å². The van der Waals surface area contributed by atoms with Crippen molar-refractivity contribution in [1.29, 1.82) is 0 Å². The Hall–Kier alpha value is -4.51. The van der Waals surface area contributed by atoms with E-state index in [1.807, 2.05) is 0 Å². The minimum atomic E-state index is -2.92. The van der Waals surface area contributed by atoms with Crippen molar-refractivity contribution in [2.75, 3.05) is 39.7 Å². The third-order valence-electron chi connectivity index (χ3n) is 8.61. The Labute approximate surface area is 436 Å². The van der Waals surface area contributed by atoms with Crippen molar-refractivity contribution in [2.45, 2.75) is 159 Å². The zero-order valence-electron chi connectivity index (χ0n) is 47.8. The summed E-state index contributed by atoms with van der Waals surface area (Å²) in [5.41, 5.74) is 8.46. The largest absolute Gasteiger partial charge is 0.300 e. The van der Waals surface area contributed by atoms with Crippen LogP contribution in [0, 0.1) is 0 Å². The van der Waals surface area contributed by atoms with Crippen molar-refractivity contribution < 1.29 is 30.4 Å². The molecule has 0 saturated carbocycles. The average Bonchev–Trinajstić information content (AvgIpc) is 3.25. The summed E-state index contributed by atoms with van der Waals surface area (Å²) in [6, 6.07) is 52.8. The first-order valence-corrected chi connectivity index (χ1v) is 27.6. The lowest BCUT2D eigenvalue weighted by molar-refractivity contribution is -0.115. The molecule has 0 heterocycles. The van der Waals surface area contributed by atoms with Crippen LogP contribution in [0.5, 0.6) is 0 Å². The fourth-order valence-corrected chi connectivity index (χ4v) is 5.48. The smallest absolute Gasteiger partial charge is 0.208 e. The lowest BCUT2D eigenvalue weighted by Gasteiger charge is -2.18. The average molecular weight is 1030 g/mol. The molecule has 0 aliphatic rings. The summed E-state index contributed by atoms with van der Waals surface area (Å²) in [4.78, 5) is 9.44. The van der Waals surface area contributed by atoms with Gasteiger partial charge in [0.1, 0.15) is 15.6 Å². The topological polar surface area (TPSA) is 97.4 Å². The van der Waals surface area contributed by atoms with Gasteiger partial charge in [-0.05, 0) is 68.7 Å². The van der Waals surface area contributed by atoms with Crippen LogP contribution in [-0.4, -0.2) is 62.3 Å². The number of sulfonamides is 1. The molecule has 71 heavy (non-hydrogen) atoms. The van der Waals surface area contributed by atoms with Crippen molar-refractivity contribution in [2.24, 2.45) is 0 Å².